The van der Waals surface area contributed by atoms with Crippen LogP contribution in [0.4, 0.5) is 10.5 Å². The van der Waals surface area contributed by atoms with E-state index in [0.29, 0.717) is 28.7 Å². The van der Waals surface area contributed by atoms with E-state index >= 15 is 0 Å². The summed E-state index contributed by atoms with van der Waals surface area (Å²) >= 11 is 3.09. The topological polar surface area (TPSA) is 55.8 Å². The van der Waals surface area contributed by atoms with E-state index in [1.54, 1.807) is 43.5 Å². The Morgan fingerprint density at radius 1 is 1.19 bits per heavy atom. The standard InChI is InChI=1S/C19H16INO4S/c1-3-25-17-14(20)9-12(10-15(17)24-2)11-16-18(22)21(19(23)26-16)13-7-5-4-6-8-13/h4-11H,3H2,1-2H3/b16-11-. The van der Waals surface area contributed by atoms with Gasteiger partial charge in [-0.2, -0.15) is 0 Å². The van der Waals surface area contributed by atoms with E-state index in [1.165, 1.54) is 4.90 Å². The van der Waals surface area contributed by atoms with Crippen LogP contribution in [0.15, 0.2) is 47.4 Å². The van der Waals surface area contributed by atoms with Crippen molar-refractivity contribution in [3.8, 4) is 11.5 Å². The van der Waals surface area contributed by atoms with Gasteiger partial charge in [-0.05, 0) is 77.2 Å². The van der Waals surface area contributed by atoms with Crippen LogP contribution in [-0.4, -0.2) is 24.9 Å². The molecule has 1 heterocycles. The highest BCUT2D eigenvalue weighted by Crippen LogP contribution is 2.38. The number of imide groups is 1. The molecular weight excluding hydrogens is 465 g/mol. The maximum absolute atomic E-state index is 12.7. The minimum absolute atomic E-state index is 0.306. The molecule has 134 valence electrons. The first-order valence-corrected chi connectivity index (χ1v) is 9.78. The van der Waals surface area contributed by atoms with Crippen molar-refractivity contribution in [1.29, 1.82) is 0 Å². The third-order valence-corrected chi connectivity index (χ3v) is 5.32. The number of para-hydroxylation sites is 1. The molecular formula is C19H16INO4S. The van der Waals surface area contributed by atoms with Crippen molar-refractivity contribution in [2.24, 2.45) is 0 Å². The van der Waals surface area contributed by atoms with Gasteiger partial charge < -0.3 is 9.47 Å². The lowest BCUT2D eigenvalue weighted by Gasteiger charge is -2.13. The highest BCUT2D eigenvalue weighted by molar-refractivity contribution is 14.1. The second-order valence-electron chi connectivity index (χ2n) is 5.32. The van der Waals surface area contributed by atoms with E-state index < -0.39 is 0 Å². The first-order chi connectivity index (χ1) is 12.5. The summed E-state index contributed by atoms with van der Waals surface area (Å²) in [7, 11) is 1.57. The molecule has 1 aliphatic rings. The van der Waals surface area contributed by atoms with E-state index in [2.05, 4.69) is 22.6 Å². The monoisotopic (exact) mass is 481 g/mol. The molecule has 0 bridgehead atoms. The number of amides is 2. The van der Waals surface area contributed by atoms with Crippen molar-refractivity contribution < 1.29 is 19.1 Å². The van der Waals surface area contributed by atoms with E-state index in [9.17, 15) is 9.59 Å². The maximum atomic E-state index is 12.7. The summed E-state index contributed by atoms with van der Waals surface area (Å²) in [5, 5.41) is -0.306. The molecule has 26 heavy (non-hydrogen) atoms. The van der Waals surface area contributed by atoms with Crippen LogP contribution in [0.3, 0.4) is 0 Å². The van der Waals surface area contributed by atoms with Gasteiger partial charge in [0.1, 0.15) is 0 Å². The van der Waals surface area contributed by atoms with E-state index in [4.69, 9.17) is 9.47 Å². The first-order valence-electron chi connectivity index (χ1n) is 7.88. The van der Waals surface area contributed by atoms with Gasteiger partial charge in [-0.1, -0.05) is 18.2 Å². The molecule has 5 nitrogen and oxygen atoms in total. The van der Waals surface area contributed by atoms with E-state index in [0.717, 1.165) is 20.9 Å². The number of rotatable bonds is 5. The molecule has 2 aromatic carbocycles. The molecule has 2 amide bonds. The van der Waals surface area contributed by atoms with Gasteiger partial charge in [0.15, 0.2) is 11.5 Å². The fraction of sp³-hybridized carbons (Fsp3) is 0.158. The molecule has 3 rings (SSSR count). The van der Waals surface area contributed by atoms with Crippen LogP contribution in [0.2, 0.25) is 0 Å². The average Bonchev–Trinajstić information content (AvgIpc) is 2.91. The molecule has 0 aliphatic carbocycles. The SMILES string of the molecule is CCOc1c(I)cc(/C=C2\SC(=O)N(c3ccccc3)C2=O)cc1OC. The van der Waals surface area contributed by atoms with Crippen molar-refractivity contribution >= 4 is 57.3 Å². The Balaban J connectivity index is 1.95. The lowest BCUT2D eigenvalue weighted by molar-refractivity contribution is -0.113. The summed E-state index contributed by atoms with van der Waals surface area (Å²) in [5.74, 6) is 0.937. The molecule has 0 N–H and O–H groups in total. The Morgan fingerprint density at radius 3 is 2.58 bits per heavy atom. The Bertz CT molecular complexity index is 883. The van der Waals surface area contributed by atoms with Crippen molar-refractivity contribution in [3.63, 3.8) is 0 Å². The minimum Gasteiger partial charge on any atom is -0.493 e. The highest BCUT2D eigenvalue weighted by atomic mass is 127. The molecule has 1 aliphatic heterocycles. The normalized spacial score (nSPS) is 15.7. The number of benzene rings is 2. The van der Waals surface area contributed by atoms with Gasteiger partial charge in [0.05, 0.1) is 27.9 Å². The van der Waals surface area contributed by atoms with Crippen LogP contribution in [0.25, 0.3) is 6.08 Å². The van der Waals surface area contributed by atoms with Crippen molar-refractivity contribution in [2.45, 2.75) is 6.92 Å². The molecule has 1 saturated heterocycles. The fourth-order valence-electron chi connectivity index (χ4n) is 2.53. The van der Waals surface area contributed by atoms with Gasteiger partial charge in [0, 0.05) is 0 Å². The van der Waals surface area contributed by atoms with Crippen LogP contribution in [0.5, 0.6) is 11.5 Å². The molecule has 0 aromatic heterocycles. The molecule has 0 saturated carbocycles. The third kappa shape index (κ3) is 3.73. The number of nitrogens with zero attached hydrogens (tertiary/aromatic N) is 1. The van der Waals surface area contributed by atoms with Gasteiger partial charge in [-0.15, -0.1) is 0 Å². The van der Waals surface area contributed by atoms with Crippen LogP contribution < -0.4 is 14.4 Å². The van der Waals surface area contributed by atoms with Gasteiger partial charge in [0.2, 0.25) is 0 Å². The van der Waals surface area contributed by atoms with Gasteiger partial charge in [0.25, 0.3) is 11.1 Å². The maximum Gasteiger partial charge on any atom is 0.298 e. The predicted molar refractivity (Wildman–Crippen MR) is 112 cm³/mol. The zero-order valence-electron chi connectivity index (χ0n) is 14.2. The van der Waals surface area contributed by atoms with Crippen molar-refractivity contribution in [1.82, 2.24) is 0 Å². The Kier molecular flexibility index (Phi) is 5.87. The Morgan fingerprint density at radius 2 is 1.92 bits per heavy atom. The fourth-order valence-corrected chi connectivity index (χ4v) is 4.15. The number of anilines is 1. The number of hydrogen-bond acceptors (Lipinski definition) is 5. The summed E-state index contributed by atoms with van der Waals surface area (Å²) in [6.07, 6.45) is 1.70. The van der Waals surface area contributed by atoms with Crippen LogP contribution >= 0.6 is 34.4 Å². The van der Waals surface area contributed by atoms with E-state index in [1.807, 2.05) is 19.1 Å². The van der Waals surface area contributed by atoms with Gasteiger partial charge in [-0.3, -0.25) is 9.59 Å². The number of carbonyl (C=O) groups excluding carboxylic acids is 2. The number of hydrogen-bond donors (Lipinski definition) is 0. The number of ether oxygens (including phenoxy) is 2. The molecule has 7 heteroatoms. The van der Waals surface area contributed by atoms with Crippen molar-refractivity contribution in [2.75, 3.05) is 18.6 Å². The highest BCUT2D eigenvalue weighted by Gasteiger charge is 2.36. The number of methoxy groups -OCH3 is 1. The molecule has 0 radical (unpaired) electrons. The molecule has 0 atom stereocenters. The second-order valence-corrected chi connectivity index (χ2v) is 7.48. The van der Waals surface area contributed by atoms with Crippen LogP contribution in [0.1, 0.15) is 12.5 Å². The third-order valence-electron chi connectivity index (χ3n) is 3.65. The molecule has 0 spiro atoms. The average molecular weight is 481 g/mol. The lowest BCUT2D eigenvalue weighted by atomic mass is 10.1. The van der Waals surface area contributed by atoms with Crippen LogP contribution in [-0.2, 0) is 4.79 Å². The largest absolute Gasteiger partial charge is 0.493 e. The lowest BCUT2D eigenvalue weighted by Crippen LogP contribution is -2.27. The van der Waals surface area contributed by atoms with Crippen LogP contribution in [0, 0.1) is 3.57 Å². The summed E-state index contributed by atoms with van der Waals surface area (Å²) in [6, 6.07) is 12.6. The Hall–Kier alpha value is -2.00. The predicted octanol–water partition coefficient (Wildman–Crippen LogP) is 4.94. The van der Waals surface area contributed by atoms with Gasteiger partial charge in [-0.25, -0.2) is 4.90 Å². The Labute approximate surface area is 169 Å². The number of carbonyl (C=O) groups is 2. The summed E-state index contributed by atoms with van der Waals surface area (Å²) in [5.41, 5.74) is 1.34. The number of halogens is 1. The molecule has 0 unspecified atom stereocenters. The minimum atomic E-state index is -0.325. The molecule has 2 aromatic rings. The summed E-state index contributed by atoms with van der Waals surface area (Å²) < 4.78 is 11.9. The van der Waals surface area contributed by atoms with Crippen molar-refractivity contribution in [3.05, 3.63) is 56.5 Å². The smallest absolute Gasteiger partial charge is 0.298 e. The summed E-state index contributed by atoms with van der Waals surface area (Å²) in [4.78, 5) is 26.5. The van der Waals surface area contributed by atoms with Gasteiger partial charge >= 0.3 is 0 Å². The zero-order valence-corrected chi connectivity index (χ0v) is 17.2. The first kappa shape index (κ1) is 18.8. The second kappa shape index (κ2) is 8.13. The quantitative estimate of drug-likeness (QED) is 0.448. The van der Waals surface area contributed by atoms with E-state index in [-0.39, 0.29) is 11.1 Å². The zero-order chi connectivity index (χ0) is 18.7. The number of thioether (sulfide) groups is 1. The molecule has 1 fully saturated rings. The summed E-state index contributed by atoms with van der Waals surface area (Å²) in [6.45, 7) is 2.44.